The van der Waals surface area contributed by atoms with Crippen LogP contribution in [-0.2, 0) is 14.3 Å². The molecule has 6 nitrogen and oxygen atoms in total. The van der Waals surface area contributed by atoms with E-state index in [9.17, 15) is 14.4 Å². The lowest BCUT2D eigenvalue weighted by molar-refractivity contribution is -0.119. The highest BCUT2D eigenvalue weighted by Crippen LogP contribution is 2.21. The maximum Gasteiger partial charge on any atom is 0.340 e. The van der Waals surface area contributed by atoms with Gasteiger partial charge < -0.3 is 14.8 Å². The number of halogens is 2. The highest BCUT2D eigenvalue weighted by Gasteiger charge is 2.15. The quantitative estimate of drug-likeness (QED) is 0.748. The predicted octanol–water partition coefficient (Wildman–Crippen LogP) is 3.97. The molecule has 0 aliphatic heterocycles. The third-order valence-corrected chi connectivity index (χ3v) is 3.83. The lowest BCUT2D eigenvalue weighted by Crippen LogP contribution is -2.21. The zero-order valence-electron chi connectivity index (χ0n) is 13.8. The second kappa shape index (κ2) is 9.22. The van der Waals surface area contributed by atoms with Crippen molar-refractivity contribution in [2.75, 3.05) is 18.5 Å². The molecule has 2 aromatic rings. The van der Waals surface area contributed by atoms with Gasteiger partial charge in [0.05, 0.1) is 27.8 Å². The van der Waals surface area contributed by atoms with Crippen LogP contribution in [-0.4, -0.2) is 31.1 Å². The van der Waals surface area contributed by atoms with Gasteiger partial charge in [0.2, 0.25) is 0 Å². The van der Waals surface area contributed by atoms with E-state index in [0.717, 1.165) is 0 Å². The number of hydrogen-bond acceptors (Lipinski definition) is 5. The first-order valence-corrected chi connectivity index (χ1v) is 8.36. The number of nitrogens with one attached hydrogen (secondary N) is 1. The van der Waals surface area contributed by atoms with Crippen molar-refractivity contribution in [3.63, 3.8) is 0 Å². The van der Waals surface area contributed by atoms with Crippen LogP contribution in [0.1, 0.15) is 27.6 Å². The molecule has 136 valence electrons. The Morgan fingerprint density at radius 1 is 0.923 bits per heavy atom. The fourth-order valence-corrected chi connectivity index (χ4v) is 2.41. The van der Waals surface area contributed by atoms with Gasteiger partial charge in [0.15, 0.2) is 6.61 Å². The van der Waals surface area contributed by atoms with Crippen LogP contribution >= 0.6 is 23.2 Å². The normalized spacial score (nSPS) is 10.1. The van der Waals surface area contributed by atoms with Gasteiger partial charge in [-0.3, -0.25) is 4.79 Å². The fourth-order valence-electron chi connectivity index (χ4n) is 2.00. The van der Waals surface area contributed by atoms with Crippen molar-refractivity contribution in [1.82, 2.24) is 0 Å². The molecule has 2 rings (SSSR count). The molecular formula is C18H15Cl2NO5. The number of ether oxygens (including phenoxy) is 2. The van der Waals surface area contributed by atoms with Gasteiger partial charge in [-0.25, -0.2) is 9.59 Å². The van der Waals surface area contributed by atoms with Crippen LogP contribution in [0.4, 0.5) is 5.69 Å². The number of anilines is 1. The molecule has 0 saturated heterocycles. The van der Waals surface area contributed by atoms with Crippen molar-refractivity contribution in [3.8, 4) is 0 Å². The molecule has 0 radical (unpaired) electrons. The molecular weight excluding hydrogens is 381 g/mol. The molecule has 0 saturated carbocycles. The van der Waals surface area contributed by atoms with Gasteiger partial charge in [0, 0.05) is 5.69 Å². The summed E-state index contributed by atoms with van der Waals surface area (Å²) in [5, 5.41) is 2.94. The Hall–Kier alpha value is -2.57. The van der Waals surface area contributed by atoms with Gasteiger partial charge in [-0.1, -0.05) is 35.3 Å². The molecule has 8 heteroatoms. The molecule has 0 unspecified atom stereocenters. The topological polar surface area (TPSA) is 81.7 Å². The Bertz CT molecular complexity index is 838. The van der Waals surface area contributed by atoms with E-state index in [1.807, 2.05) is 0 Å². The Balaban J connectivity index is 1.98. The molecule has 1 amide bonds. The standard InChI is InChI=1S/C18H15Cl2NO5/c1-2-25-18(24)13-9-11(7-8-15(13)20)21-16(22)10-26-17(23)12-5-3-4-6-14(12)19/h3-9H,2,10H2,1H3,(H,21,22). The summed E-state index contributed by atoms with van der Waals surface area (Å²) in [6.07, 6.45) is 0. The lowest BCUT2D eigenvalue weighted by Gasteiger charge is -2.09. The van der Waals surface area contributed by atoms with Gasteiger partial charge >= 0.3 is 11.9 Å². The molecule has 26 heavy (non-hydrogen) atoms. The molecule has 1 N–H and O–H groups in total. The molecule has 0 bridgehead atoms. The minimum absolute atomic E-state index is 0.124. The van der Waals surface area contributed by atoms with Crippen molar-refractivity contribution >= 4 is 46.7 Å². The molecule has 0 aromatic heterocycles. The Labute approximate surface area is 160 Å². The summed E-state index contributed by atoms with van der Waals surface area (Å²) < 4.78 is 9.82. The zero-order valence-corrected chi connectivity index (χ0v) is 15.3. The average molecular weight is 396 g/mol. The first-order chi connectivity index (χ1) is 12.4. The Morgan fingerprint density at radius 3 is 2.27 bits per heavy atom. The zero-order chi connectivity index (χ0) is 19.1. The highest BCUT2D eigenvalue weighted by molar-refractivity contribution is 6.34. The van der Waals surface area contributed by atoms with Crippen LogP contribution in [0.25, 0.3) is 0 Å². The van der Waals surface area contributed by atoms with Crippen LogP contribution in [0.3, 0.4) is 0 Å². The van der Waals surface area contributed by atoms with E-state index in [2.05, 4.69) is 5.32 Å². The number of benzene rings is 2. The first kappa shape index (κ1) is 19.8. The summed E-state index contributed by atoms with van der Waals surface area (Å²) in [5.74, 6) is -1.89. The Morgan fingerprint density at radius 2 is 1.58 bits per heavy atom. The summed E-state index contributed by atoms with van der Waals surface area (Å²) >= 11 is 11.8. The summed E-state index contributed by atoms with van der Waals surface area (Å²) in [6, 6.07) is 10.7. The second-order valence-electron chi connectivity index (χ2n) is 5.02. The number of hydrogen-bond donors (Lipinski definition) is 1. The van der Waals surface area contributed by atoms with Crippen LogP contribution in [0.5, 0.6) is 0 Å². The molecule has 0 atom stereocenters. The maximum absolute atomic E-state index is 12.0. The number of amides is 1. The van der Waals surface area contributed by atoms with Crippen molar-refractivity contribution in [2.45, 2.75) is 6.92 Å². The highest BCUT2D eigenvalue weighted by atomic mass is 35.5. The van der Waals surface area contributed by atoms with E-state index >= 15 is 0 Å². The number of carbonyl (C=O) groups excluding carboxylic acids is 3. The van der Waals surface area contributed by atoms with Crippen LogP contribution < -0.4 is 5.32 Å². The summed E-state index contributed by atoms with van der Waals surface area (Å²) in [5.41, 5.74) is 0.605. The SMILES string of the molecule is CCOC(=O)c1cc(NC(=O)COC(=O)c2ccccc2Cl)ccc1Cl. The van der Waals surface area contributed by atoms with Crippen LogP contribution in [0, 0.1) is 0 Å². The fraction of sp³-hybridized carbons (Fsp3) is 0.167. The summed E-state index contributed by atoms with van der Waals surface area (Å²) in [6.45, 7) is 1.36. The van der Waals surface area contributed by atoms with E-state index in [1.54, 1.807) is 25.1 Å². The van der Waals surface area contributed by atoms with Crippen molar-refractivity contribution in [3.05, 3.63) is 63.6 Å². The summed E-state index contributed by atoms with van der Waals surface area (Å²) in [7, 11) is 0. The van der Waals surface area contributed by atoms with Gasteiger partial charge in [0.1, 0.15) is 0 Å². The smallest absolute Gasteiger partial charge is 0.340 e. The third-order valence-electron chi connectivity index (χ3n) is 3.17. The van der Waals surface area contributed by atoms with Crippen molar-refractivity contribution < 1.29 is 23.9 Å². The first-order valence-electron chi connectivity index (χ1n) is 7.60. The molecule has 0 fully saturated rings. The minimum atomic E-state index is -0.714. The predicted molar refractivity (Wildman–Crippen MR) is 97.8 cm³/mol. The van der Waals surface area contributed by atoms with Gasteiger partial charge in [-0.2, -0.15) is 0 Å². The lowest BCUT2D eigenvalue weighted by atomic mass is 10.2. The average Bonchev–Trinajstić information content (AvgIpc) is 2.62. The molecule has 0 aliphatic carbocycles. The minimum Gasteiger partial charge on any atom is -0.462 e. The Kier molecular flexibility index (Phi) is 7.00. The van der Waals surface area contributed by atoms with Gasteiger partial charge in [-0.15, -0.1) is 0 Å². The molecule has 0 spiro atoms. The van der Waals surface area contributed by atoms with Crippen molar-refractivity contribution in [2.24, 2.45) is 0 Å². The summed E-state index contributed by atoms with van der Waals surface area (Å²) in [4.78, 5) is 35.7. The van der Waals surface area contributed by atoms with Crippen LogP contribution in [0.15, 0.2) is 42.5 Å². The van der Waals surface area contributed by atoms with E-state index in [-0.39, 0.29) is 27.8 Å². The monoisotopic (exact) mass is 395 g/mol. The number of carbonyl (C=O) groups is 3. The largest absolute Gasteiger partial charge is 0.462 e. The van der Waals surface area contributed by atoms with E-state index in [0.29, 0.717) is 5.69 Å². The van der Waals surface area contributed by atoms with Gasteiger partial charge in [0.25, 0.3) is 5.91 Å². The van der Waals surface area contributed by atoms with E-state index in [1.165, 1.54) is 24.3 Å². The third kappa shape index (κ3) is 5.21. The van der Waals surface area contributed by atoms with Crippen LogP contribution in [0.2, 0.25) is 10.0 Å². The number of rotatable bonds is 6. The van der Waals surface area contributed by atoms with E-state index < -0.39 is 24.5 Å². The molecule has 0 aliphatic rings. The molecule has 2 aromatic carbocycles. The molecule has 0 heterocycles. The number of esters is 2. The van der Waals surface area contributed by atoms with Crippen molar-refractivity contribution in [1.29, 1.82) is 0 Å². The second-order valence-corrected chi connectivity index (χ2v) is 5.83. The van der Waals surface area contributed by atoms with Gasteiger partial charge in [-0.05, 0) is 37.3 Å². The maximum atomic E-state index is 12.0. The van der Waals surface area contributed by atoms with E-state index in [4.69, 9.17) is 32.7 Å².